The molecule has 176 valence electrons. The zero-order chi connectivity index (χ0) is 24.1. The van der Waals surface area contributed by atoms with Gasteiger partial charge in [0.1, 0.15) is 0 Å². The van der Waals surface area contributed by atoms with Crippen molar-refractivity contribution in [3.8, 4) is 0 Å². The van der Waals surface area contributed by atoms with E-state index in [0.717, 1.165) is 37.8 Å². The maximum atomic E-state index is 5.12. The van der Waals surface area contributed by atoms with Crippen LogP contribution in [0.15, 0.2) is 88.6 Å². The van der Waals surface area contributed by atoms with Crippen molar-refractivity contribution in [2.24, 2.45) is 4.99 Å². The number of benzene rings is 2. The lowest BCUT2D eigenvalue weighted by Crippen LogP contribution is -2.07. The Kier molecular flexibility index (Phi) is 11.7. The van der Waals surface area contributed by atoms with Gasteiger partial charge < -0.3 is 0 Å². The molecule has 0 aliphatic carbocycles. The molecule has 2 aromatic rings. The zero-order valence-corrected chi connectivity index (χ0v) is 21.6. The van der Waals surface area contributed by atoms with Gasteiger partial charge in [0.2, 0.25) is 0 Å². The molecule has 1 heteroatoms. The van der Waals surface area contributed by atoms with Gasteiger partial charge in [0.05, 0.1) is 0 Å². The number of aliphatic imine (C=N–C) groups is 1. The second-order valence-corrected chi connectivity index (χ2v) is 9.20. The van der Waals surface area contributed by atoms with Gasteiger partial charge in [-0.05, 0) is 75.1 Å². The lowest BCUT2D eigenvalue weighted by atomic mass is 9.93. The molecule has 0 unspecified atom stereocenters. The second kappa shape index (κ2) is 14.5. The molecule has 0 heterocycles. The van der Waals surface area contributed by atoms with Crippen molar-refractivity contribution in [3.63, 3.8) is 0 Å². The van der Waals surface area contributed by atoms with E-state index in [0.29, 0.717) is 0 Å². The molecule has 0 amide bonds. The van der Waals surface area contributed by atoms with Gasteiger partial charge in [-0.3, -0.25) is 4.99 Å². The smallest absolute Gasteiger partial charge is 0.0438 e. The van der Waals surface area contributed by atoms with Crippen molar-refractivity contribution >= 4 is 11.8 Å². The first-order chi connectivity index (χ1) is 15.9. The molecule has 0 radical (unpaired) electrons. The normalized spacial score (nSPS) is 13.1. The molecular formula is C32H43N. The fourth-order valence-corrected chi connectivity index (χ4v) is 4.31. The van der Waals surface area contributed by atoms with Crippen LogP contribution in [0.5, 0.6) is 0 Å². The molecule has 0 fully saturated rings. The molecule has 0 saturated carbocycles. The van der Waals surface area contributed by atoms with E-state index in [4.69, 9.17) is 4.99 Å². The van der Waals surface area contributed by atoms with Crippen LogP contribution < -0.4 is 0 Å². The van der Waals surface area contributed by atoms with Crippen LogP contribution in [0.2, 0.25) is 0 Å². The van der Waals surface area contributed by atoms with Crippen molar-refractivity contribution in [1.82, 2.24) is 0 Å². The van der Waals surface area contributed by atoms with Crippen LogP contribution in [0.25, 0.3) is 6.08 Å². The van der Waals surface area contributed by atoms with Crippen LogP contribution in [0.4, 0.5) is 0 Å². The van der Waals surface area contributed by atoms with E-state index < -0.39 is 0 Å². The number of hydrogen-bond donors (Lipinski definition) is 0. The van der Waals surface area contributed by atoms with Crippen LogP contribution in [0.3, 0.4) is 0 Å². The highest BCUT2D eigenvalue weighted by Gasteiger charge is 2.11. The Morgan fingerprint density at radius 1 is 0.909 bits per heavy atom. The molecule has 0 aliphatic rings. The first-order valence-corrected chi connectivity index (χ1v) is 12.7. The minimum atomic E-state index is 0.811. The summed E-state index contributed by atoms with van der Waals surface area (Å²) < 4.78 is 0. The summed E-state index contributed by atoms with van der Waals surface area (Å²) in [6.45, 7) is 15.5. The van der Waals surface area contributed by atoms with Crippen molar-refractivity contribution < 1.29 is 0 Å². The lowest BCUT2D eigenvalue weighted by molar-refractivity contribution is 0.739. The Bertz CT molecular complexity index is 973. The molecule has 1 nitrogen and oxygen atoms in total. The molecule has 0 spiro atoms. The highest BCUT2D eigenvalue weighted by Crippen LogP contribution is 2.23. The highest BCUT2D eigenvalue weighted by molar-refractivity contribution is 6.01. The van der Waals surface area contributed by atoms with E-state index in [1.54, 1.807) is 0 Å². The topological polar surface area (TPSA) is 12.4 Å². The van der Waals surface area contributed by atoms with Crippen molar-refractivity contribution in [3.05, 3.63) is 100 Å². The Labute approximate surface area is 203 Å². The first kappa shape index (κ1) is 26.6. The van der Waals surface area contributed by atoms with E-state index in [2.05, 4.69) is 102 Å². The van der Waals surface area contributed by atoms with Crippen LogP contribution >= 0.6 is 0 Å². The Hall–Kier alpha value is -2.67. The molecule has 0 aliphatic heterocycles. The third-order valence-corrected chi connectivity index (χ3v) is 6.23. The third-order valence-electron chi connectivity index (χ3n) is 6.23. The van der Waals surface area contributed by atoms with E-state index in [9.17, 15) is 0 Å². The number of nitrogens with zero attached hydrogens (tertiary/aromatic N) is 1. The average Bonchev–Trinajstić information content (AvgIpc) is 2.80. The fourth-order valence-electron chi connectivity index (χ4n) is 4.31. The van der Waals surface area contributed by atoms with Gasteiger partial charge in [-0.1, -0.05) is 105 Å². The van der Waals surface area contributed by atoms with Crippen LogP contribution in [-0.4, -0.2) is 5.71 Å². The lowest BCUT2D eigenvalue weighted by Gasteiger charge is -2.15. The van der Waals surface area contributed by atoms with Crippen LogP contribution in [-0.2, 0) is 6.42 Å². The number of unbranched alkanes of at least 4 members (excludes halogenated alkanes) is 2. The highest BCUT2D eigenvalue weighted by atomic mass is 14.8. The molecule has 2 aromatic carbocycles. The average molecular weight is 442 g/mol. The summed E-state index contributed by atoms with van der Waals surface area (Å²) >= 11 is 0. The van der Waals surface area contributed by atoms with Gasteiger partial charge in [-0.25, -0.2) is 0 Å². The summed E-state index contributed by atoms with van der Waals surface area (Å²) in [6, 6.07) is 19.3. The summed E-state index contributed by atoms with van der Waals surface area (Å²) in [5.41, 5.74) is 10.4. The molecule has 33 heavy (non-hydrogen) atoms. The summed E-state index contributed by atoms with van der Waals surface area (Å²) in [4.78, 5) is 5.12. The fraction of sp³-hybridized carbons (Fsp3) is 0.406. The van der Waals surface area contributed by atoms with E-state index in [-0.39, 0.29) is 0 Å². The van der Waals surface area contributed by atoms with Crippen LogP contribution in [0.1, 0.15) is 89.3 Å². The van der Waals surface area contributed by atoms with Crippen molar-refractivity contribution in [1.29, 1.82) is 0 Å². The third kappa shape index (κ3) is 9.38. The molecular weight excluding hydrogens is 398 g/mol. The van der Waals surface area contributed by atoms with Gasteiger partial charge in [-0.15, -0.1) is 0 Å². The number of aryl methyl sites for hydroxylation is 2. The summed E-state index contributed by atoms with van der Waals surface area (Å²) in [5, 5.41) is 0. The van der Waals surface area contributed by atoms with Crippen molar-refractivity contribution in [2.45, 2.75) is 86.0 Å². The zero-order valence-electron chi connectivity index (χ0n) is 21.6. The predicted molar refractivity (Wildman–Crippen MR) is 148 cm³/mol. The van der Waals surface area contributed by atoms with E-state index in [1.807, 2.05) is 0 Å². The minimum absolute atomic E-state index is 0.811. The second-order valence-electron chi connectivity index (χ2n) is 9.20. The Morgan fingerprint density at radius 2 is 1.61 bits per heavy atom. The minimum Gasteiger partial charge on any atom is -0.258 e. The molecule has 0 N–H and O–H groups in total. The molecule has 2 rings (SSSR count). The molecule has 0 atom stereocenters. The Balaban J connectivity index is 2.20. The van der Waals surface area contributed by atoms with E-state index >= 15 is 0 Å². The van der Waals surface area contributed by atoms with Gasteiger partial charge in [0.25, 0.3) is 0 Å². The Morgan fingerprint density at radius 3 is 2.27 bits per heavy atom. The molecule has 0 aromatic heterocycles. The van der Waals surface area contributed by atoms with E-state index in [1.165, 1.54) is 58.4 Å². The number of allylic oxidation sites excluding steroid dienone is 3. The maximum absolute atomic E-state index is 5.12. The number of hydrogen-bond acceptors (Lipinski definition) is 1. The summed E-state index contributed by atoms with van der Waals surface area (Å²) in [7, 11) is 0. The van der Waals surface area contributed by atoms with Gasteiger partial charge in [0, 0.05) is 17.8 Å². The summed E-state index contributed by atoms with van der Waals surface area (Å²) in [5.74, 6) is 0. The quantitative estimate of drug-likeness (QED) is 0.217. The number of rotatable bonds is 13. The standard InChI is InChI=1S/C32H43N/c1-7-9-11-20-32(31(8-2)27(5)21-22-29-17-12-10-13-18-29)33-28(6)23-25(3)24-30-19-15-14-16-26(30)4/h10,12-19,24H,6-9,11,20-23H2,1-5H3/b25-24-,31-27+,33-32-. The van der Waals surface area contributed by atoms with Gasteiger partial charge in [-0.2, -0.15) is 0 Å². The SMILES string of the molecule is C=C(C/C(C)=C\c1ccccc1C)/N=C(CCCCC)\C(CC)=C(/C)CCc1ccccc1. The first-order valence-electron chi connectivity index (χ1n) is 12.7. The predicted octanol–water partition coefficient (Wildman–Crippen LogP) is 9.68. The summed E-state index contributed by atoms with van der Waals surface area (Å²) in [6.07, 6.45) is 11.0. The largest absolute Gasteiger partial charge is 0.258 e. The van der Waals surface area contributed by atoms with Gasteiger partial charge >= 0.3 is 0 Å². The molecule has 0 saturated heterocycles. The molecule has 0 bridgehead atoms. The maximum Gasteiger partial charge on any atom is 0.0438 e. The monoisotopic (exact) mass is 441 g/mol. The van der Waals surface area contributed by atoms with Crippen LogP contribution in [0, 0.1) is 6.92 Å². The van der Waals surface area contributed by atoms with Crippen molar-refractivity contribution in [2.75, 3.05) is 0 Å². The van der Waals surface area contributed by atoms with Gasteiger partial charge in [0.15, 0.2) is 0 Å².